The highest BCUT2D eigenvalue weighted by atomic mass is 16.5. The van der Waals surface area contributed by atoms with Crippen molar-refractivity contribution in [1.29, 1.82) is 0 Å². The largest absolute Gasteiger partial charge is 0.494 e. The van der Waals surface area contributed by atoms with Crippen LogP contribution < -0.4 is 15.0 Å². The van der Waals surface area contributed by atoms with Crippen LogP contribution in [0.1, 0.15) is 11.1 Å². The van der Waals surface area contributed by atoms with Gasteiger partial charge in [-0.05, 0) is 31.0 Å². The van der Waals surface area contributed by atoms with E-state index < -0.39 is 0 Å². The maximum absolute atomic E-state index is 5.55. The number of benzene rings is 1. The molecule has 3 nitrogen and oxygen atoms in total. The molecule has 0 aliphatic carbocycles. The van der Waals surface area contributed by atoms with E-state index in [0.717, 1.165) is 31.9 Å². The minimum Gasteiger partial charge on any atom is -0.494 e. The third-order valence-corrected chi connectivity index (χ3v) is 3.32. The predicted octanol–water partition coefficient (Wildman–Crippen LogP) is 1.72. The number of nitrogens with zero attached hydrogens (tertiary/aromatic N) is 1. The zero-order valence-corrected chi connectivity index (χ0v) is 10.3. The zero-order chi connectivity index (χ0) is 11.5. The zero-order valence-electron chi connectivity index (χ0n) is 10.3. The number of hydrogen-bond acceptors (Lipinski definition) is 3. The van der Waals surface area contributed by atoms with Crippen LogP contribution in [0.25, 0.3) is 0 Å². The lowest BCUT2D eigenvalue weighted by atomic mass is 10.1. The Kier molecular flexibility index (Phi) is 3.34. The molecule has 0 bridgehead atoms. The van der Waals surface area contributed by atoms with E-state index in [1.165, 1.54) is 16.8 Å². The Labute approximate surface area is 97.4 Å². The number of aryl methyl sites for hydroxylation is 1. The van der Waals surface area contributed by atoms with Gasteiger partial charge in [0, 0.05) is 26.2 Å². The molecule has 3 heteroatoms. The van der Waals surface area contributed by atoms with Crippen LogP contribution >= 0.6 is 0 Å². The molecule has 1 aromatic rings. The molecule has 0 amide bonds. The predicted molar refractivity (Wildman–Crippen MR) is 67.6 cm³/mol. The number of ether oxygens (including phenoxy) is 1. The Morgan fingerprint density at radius 2 is 1.88 bits per heavy atom. The third-order valence-electron chi connectivity index (χ3n) is 3.32. The Morgan fingerprint density at radius 3 is 2.50 bits per heavy atom. The van der Waals surface area contributed by atoms with Crippen LogP contribution in [-0.2, 0) is 0 Å². The quantitative estimate of drug-likeness (QED) is 0.821. The van der Waals surface area contributed by atoms with Gasteiger partial charge >= 0.3 is 0 Å². The number of piperazine rings is 1. The van der Waals surface area contributed by atoms with Crippen LogP contribution in [0.5, 0.6) is 5.75 Å². The maximum atomic E-state index is 5.55. The number of rotatable bonds is 2. The lowest BCUT2D eigenvalue weighted by Crippen LogP contribution is -2.43. The lowest BCUT2D eigenvalue weighted by Gasteiger charge is -2.31. The van der Waals surface area contributed by atoms with Gasteiger partial charge in [-0.15, -0.1) is 0 Å². The van der Waals surface area contributed by atoms with Gasteiger partial charge in [0.25, 0.3) is 0 Å². The minimum atomic E-state index is 1.03. The van der Waals surface area contributed by atoms with E-state index in [2.05, 4.69) is 36.2 Å². The molecular weight excluding hydrogens is 200 g/mol. The van der Waals surface area contributed by atoms with Crippen molar-refractivity contribution in [2.24, 2.45) is 0 Å². The molecule has 0 saturated carbocycles. The maximum Gasteiger partial charge on any atom is 0.145 e. The summed E-state index contributed by atoms with van der Waals surface area (Å²) < 4.78 is 5.55. The van der Waals surface area contributed by atoms with E-state index in [4.69, 9.17) is 4.74 Å². The normalized spacial score (nSPS) is 16.3. The van der Waals surface area contributed by atoms with E-state index in [1.54, 1.807) is 7.11 Å². The summed E-state index contributed by atoms with van der Waals surface area (Å²) in [6, 6.07) is 4.35. The first-order chi connectivity index (χ1) is 7.74. The van der Waals surface area contributed by atoms with Crippen molar-refractivity contribution in [3.8, 4) is 5.75 Å². The molecule has 0 radical (unpaired) electrons. The molecule has 88 valence electrons. The smallest absolute Gasteiger partial charge is 0.145 e. The molecule has 1 saturated heterocycles. The van der Waals surface area contributed by atoms with Crippen molar-refractivity contribution in [3.05, 3.63) is 23.3 Å². The highest BCUT2D eigenvalue weighted by molar-refractivity contribution is 5.63. The van der Waals surface area contributed by atoms with Crippen LogP contribution in [0.2, 0.25) is 0 Å². The summed E-state index contributed by atoms with van der Waals surface area (Å²) in [6.45, 7) is 8.46. The van der Waals surface area contributed by atoms with Gasteiger partial charge in [-0.2, -0.15) is 0 Å². The summed E-state index contributed by atoms with van der Waals surface area (Å²) in [5.41, 5.74) is 3.77. The number of nitrogens with one attached hydrogen (secondary N) is 1. The Hall–Kier alpha value is -1.22. The molecule has 1 aliphatic rings. The third kappa shape index (κ3) is 2.00. The van der Waals surface area contributed by atoms with Crippen LogP contribution in [0, 0.1) is 13.8 Å². The average Bonchev–Trinajstić information content (AvgIpc) is 2.33. The number of methoxy groups -OCH3 is 1. The highest BCUT2D eigenvalue weighted by Crippen LogP contribution is 2.33. The Balaban J connectivity index is 2.35. The summed E-state index contributed by atoms with van der Waals surface area (Å²) in [6.07, 6.45) is 0. The molecule has 1 N–H and O–H groups in total. The summed E-state index contributed by atoms with van der Waals surface area (Å²) in [7, 11) is 1.76. The Morgan fingerprint density at radius 1 is 1.19 bits per heavy atom. The second kappa shape index (κ2) is 4.74. The molecule has 1 aliphatic heterocycles. The average molecular weight is 220 g/mol. The van der Waals surface area contributed by atoms with Gasteiger partial charge in [0.15, 0.2) is 0 Å². The lowest BCUT2D eigenvalue weighted by molar-refractivity contribution is 0.409. The van der Waals surface area contributed by atoms with Crippen LogP contribution in [-0.4, -0.2) is 33.3 Å². The molecule has 0 atom stereocenters. The fraction of sp³-hybridized carbons (Fsp3) is 0.538. The molecule has 1 heterocycles. The van der Waals surface area contributed by atoms with Crippen molar-refractivity contribution in [1.82, 2.24) is 5.32 Å². The van der Waals surface area contributed by atoms with Crippen LogP contribution in [0.15, 0.2) is 12.1 Å². The standard InChI is InChI=1S/C13H20N2O/c1-10-4-5-12(13(16-3)11(10)2)15-8-6-14-7-9-15/h4-5,14H,6-9H2,1-3H3. The molecule has 0 unspecified atom stereocenters. The number of anilines is 1. The first kappa shape index (κ1) is 11.3. The molecule has 1 aromatic carbocycles. The van der Waals surface area contributed by atoms with E-state index in [9.17, 15) is 0 Å². The fourth-order valence-corrected chi connectivity index (χ4v) is 2.19. The van der Waals surface area contributed by atoms with E-state index in [1.807, 2.05) is 0 Å². The monoisotopic (exact) mass is 220 g/mol. The van der Waals surface area contributed by atoms with Crippen LogP contribution in [0.3, 0.4) is 0 Å². The topological polar surface area (TPSA) is 24.5 Å². The van der Waals surface area contributed by atoms with E-state index >= 15 is 0 Å². The molecule has 0 aromatic heterocycles. The fourth-order valence-electron chi connectivity index (χ4n) is 2.19. The SMILES string of the molecule is COc1c(N2CCNCC2)ccc(C)c1C. The summed E-state index contributed by atoms with van der Waals surface area (Å²) >= 11 is 0. The second-order valence-corrected chi connectivity index (χ2v) is 4.30. The second-order valence-electron chi connectivity index (χ2n) is 4.30. The molecule has 0 spiro atoms. The summed E-state index contributed by atoms with van der Waals surface area (Å²) in [5.74, 6) is 1.03. The molecule has 16 heavy (non-hydrogen) atoms. The van der Waals surface area contributed by atoms with Crippen molar-refractivity contribution < 1.29 is 4.74 Å². The van der Waals surface area contributed by atoms with Gasteiger partial charge in [0.1, 0.15) is 5.75 Å². The Bertz CT molecular complexity index is 370. The van der Waals surface area contributed by atoms with Gasteiger partial charge in [0.2, 0.25) is 0 Å². The van der Waals surface area contributed by atoms with Crippen molar-refractivity contribution in [3.63, 3.8) is 0 Å². The highest BCUT2D eigenvalue weighted by Gasteiger charge is 2.16. The first-order valence-electron chi connectivity index (χ1n) is 5.84. The van der Waals surface area contributed by atoms with E-state index in [0.29, 0.717) is 0 Å². The van der Waals surface area contributed by atoms with Crippen molar-refractivity contribution in [2.75, 3.05) is 38.2 Å². The van der Waals surface area contributed by atoms with Crippen molar-refractivity contribution >= 4 is 5.69 Å². The summed E-state index contributed by atoms with van der Waals surface area (Å²) in [4.78, 5) is 2.39. The molecule has 1 fully saturated rings. The van der Waals surface area contributed by atoms with Gasteiger partial charge in [-0.25, -0.2) is 0 Å². The van der Waals surface area contributed by atoms with Gasteiger partial charge in [-0.3, -0.25) is 0 Å². The number of hydrogen-bond donors (Lipinski definition) is 1. The first-order valence-corrected chi connectivity index (χ1v) is 5.84. The van der Waals surface area contributed by atoms with E-state index in [-0.39, 0.29) is 0 Å². The molecule has 2 rings (SSSR count). The van der Waals surface area contributed by atoms with Gasteiger partial charge < -0.3 is 15.0 Å². The minimum absolute atomic E-state index is 1.03. The van der Waals surface area contributed by atoms with Crippen molar-refractivity contribution in [2.45, 2.75) is 13.8 Å². The summed E-state index contributed by atoms with van der Waals surface area (Å²) in [5, 5.41) is 3.37. The molecular formula is C13H20N2O. The van der Waals surface area contributed by atoms with Gasteiger partial charge in [0.05, 0.1) is 12.8 Å². The van der Waals surface area contributed by atoms with Gasteiger partial charge in [-0.1, -0.05) is 6.07 Å². The van der Waals surface area contributed by atoms with Crippen LogP contribution in [0.4, 0.5) is 5.69 Å².